The number of sulfonamides is 1. The molecule has 1 aliphatic rings. The standard InChI is InChI=1S/C20H20FN5O3S3/c21-14-4-3-5-16(12-14)23-19-24-25-20(31-19)30-13-18(27)22-15-6-8-17(9-7-15)32(28,29)26-10-1-2-11-26/h3-9,12H,1-2,10-11,13H2,(H,22,27)(H,23,24). The van der Waals surface area contributed by atoms with Gasteiger partial charge in [0.05, 0.1) is 10.6 Å². The molecule has 2 aromatic carbocycles. The first-order chi connectivity index (χ1) is 15.4. The van der Waals surface area contributed by atoms with Gasteiger partial charge in [-0.15, -0.1) is 10.2 Å². The third-order valence-electron chi connectivity index (χ3n) is 4.65. The van der Waals surface area contributed by atoms with E-state index in [0.717, 1.165) is 12.8 Å². The zero-order valence-corrected chi connectivity index (χ0v) is 19.3. The lowest BCUT2D eigenvalue weighted by Gasteiger charge is -2.15. The van der Waals surface area contributed by atoms with Crippen molar-refractivity contribution in [1.29, 1.82) is 0 Å². The summed E-state index contributed by atoms with van der Waals surface area (Å²) in [5, 5.41) is 14.2. The smallest absolute Gasteiger partial charge is 0.243 e. The molecule has 0 aliphatic carbocycles. The van der Waals surface area contributed by atoms with Crippen molar-refractivity contribution in [2.75, 3.05) is 29.5 Å². The molecular weight excluding hydrogens is 473 g/mol. The Kier molecular flexibility index (Phi) is 7.04. The van der Waals surface area contributed by atoms with E-state index in [0.29, 0.717) is 33.9 Å². The normalized spacial score (nSPS) is 14.4. The van der Waals surface area contributed by atoms with Crippen LogP contribution in [0, 0.1) is 5.82 Å². The summed E-state index contributed by atoms with van der Waals surface area (Å²) < 4.78 is 40.5. The lowest BCUT2D eigenvalue weighted by Crippen LogP contribution is -2.27. The Bertz CT molecular complexity index is 1200. The van der Waals surface area contributed by atoms with E-state index < -0.39 is 10.0 Å². The van der Waals surface area contributed by atoms with Gasteiger partial charge in [-0.25, -0.2) is 12.8 Å². The quantitative estimate of drug-likeness (QED) is 0.458. The average molecular weight is 494 g/mol. The van der Waals surface area contributed by atoms with Crippen molar-refractivity contribution in [3.05, 3.63) is 54.3 Å². The van der Waals surface area contributed by atoms with Crippen molar-refractivity contribution in [1.82, 2.24) is 14.5 Å². The van der Waals surface area contributed by atoms with Gasteiger partial charge in [0, 0.05) is 24.5 Å². The molecule has 168 valence electrons. The highest BCUT2D eigenvalue weighted by Crippen LogP contribution is 2.28. The molecule has 0 unspecified atom stereocenters. The summed E-state index contributed by atoms with van der Waals surface area (Å²) in [5.74, 6) is -0.491. The summed E-state index contributed by atoms with van der Waals surface area (Å²) in [4.78, 5) is 12.5. The second kappa shape index (κ2) is 9.94. The Labute approximate surface area is 193 Å². The van der Waals surface area contributed by atoms with Crippen LogP contribution in [0.25, 0.3) is 0 Å². The van der Waals surface area contributed by atoms with Crippen LogP contribution in [0.15, 0.2) is 57.8 Å². The van der Waals surface area contributed by atoms with E-state index in [1.165, 1.54) is 51.7 Å². The fourth-order valence-electron chi connectivity index (χ4n) is 3.12. The van der Waals surface area contributed by atoms with E-state index in [9.17, 15) is 17.6 Å². The predicted molar refractivity (Wildman–Crippen MR) is 123 cm³/mol. The summed E-state index contributed by atoms with van der Waals surface area (Å²) in [6.07, 6.45) is 1.75. The molecule has 1 aliphatic heterocycles. The number of carbonyl (C=O) groups is 1. The molecule has 1 fully saturated rings. The molecule has 12 heteroatoms. The molecule has 0 saturated carbocycles. The zero-order valence-electron chi connectivity index (χ0n) is 16.8. The SMILES string of the molecule is O=C(CSc1nnc(Nc2cccc(F)c2)s1)Nc1ccc(S(=O)(=O)N2CCCC2)cc1. The lowest BCUT2D eigenvalue weighted by molar-refractivity contribution is -0.113. The number of anilines is 3. The van der Waals surface area contributed by atoms with E-state index in [2.05, 4.69) is 20.8 Å². The van der Waals surface area contributed by atoms with Crippen LogP contribution < -0.4 is 10.6 Å². The van der Waals surface area contributed by atoms with Gasteiger partial charge in [0.2, 0.25) is 21.1 Å². The molecule has 1 saturated heterocycles. The van der Waals surface area contributed by atoms with Gasteiger partial charge in [-0.3, -0.25) is 4.79 Å². The van der Waals surface area contributed by atoms with Gasteiger partial charge < -0.3 is 10.6 Å². The van der Waals surface area contributed by atoms with Crippen LogP contribution >= 0.6 is 23.1 Å². The van der Waals surface area contributed by atoms with Crippen LogP contribution in [-0.2, 0) is 14.8 Å². The Morgan fingerprint density at radius 2 is 1.84 bits per heavy atom. The molecule has 0 spiro atoms. The third-order valence-corrected chi connectivity index (χ3v) is 8.53. The summed E-state index contributed by atoms with van der Waals surface area (Å²) >= 11 is 2.48. The number of carbonyl (C=O) groups excluding carboxylic acids is 1. The molecule has 4 rings (SSSR count). The maximum Gasteiger partial charge on any atom is 0.243 e. The molecule has 2 heterocycles. The van der Waals surface area contributed by atoms with E-state index in [1.807, 2.05) is 0 Å². The minimum atomic E-state index is -3.48. The second-order valence-corrected chi connectivity index (χ2v) is 11.1. The number of halogens is 1. The molecule has 1 aromatic heterocycles. The van der Waals surface area contributed by atoms with Crippen LogP contribution in [0.1, 0.15) is 12.8 Å². The number of nitrogens with zero attached hydrogens (tertiary/aromatic N) is 3. The van der Waals surface area contributed by atoms with Crippen molar-refractivity contribution in [2.45, 2.75) is 22.1 Å². The van der Waals surface area contributed by atoms with E-state index in [1.54, 1.807) is 24.3 Å². The highest BCUT2D eigenvalue weighted by molar-refractivity contribution is 8.01. The topological polar surface area (TPSA) is 104 Å². The van der Waals surface area contributed by atoms with Crippen molar-refractivity contribution in [2.24, 2.45) is 0 Å². The van der Waals surface area contributed by atoms with Gasteiger partial charge >= 0.3 is 0 Å². The number of amides is 1. The molecule has 8 nitrogen and oxygen atoms in total. The van der Waals surface area contributed by atoms with Crippen molar-refractivity contribution in [3.8, 4) is 0 Å². The summed E-state index contributed by atoms with van der Waals surface area (Å²) in [6, 6.07) is 12.2. The number of hydrogen-bond donors (Lipinski definition) is 2. The highest BCUT2D eigenvalue weighted by Gasteiger charge is 2.26. The number of rotatable bonds is 8. The number of benzene rings is 2. The van der Waals surface area contributed by atoms with E-state index in [-0.39, 0.29) is 22.4 Å². The van der Waals surface area contributed by atoms with Crippen molar-refractivity contribution in [3.63, 3.8) is 0 Å². The second-order valence-electron chi connectivity index (χ2n) is 6.98. The number of nitrogens with one attached hydrogen (secondary N) is 2. The maximum absolute atomic E-state index is 13.3. The third kappa shape index (κ3) is 5.63. The molecule has 3 aromatic rings. The van der Waals surface area contributed by atoms with Crippen LogP contribution in [0.5, 0.6) is 0 Å². The lowest BCUT2D eigenvalue weighted by atomic mass is 10.3. The average Bonchev–Trinajstić information content (AvgIpc) is 3.46. The van der Waals surface area contributed by atoms with Gasteiger partial charge in [-0.2, -0.15) is 4.31 Å². The maximum atomic E-state index is 13.3. The number of aromatic nitrogens is 2. The molecular formula is C20H20FN5O3S3. The predicted octanol–water partition coefficient (Wildman–Crippen LogP) is 3.94. The van der Waals surface area contributed by atoms with Gasteiger partial charge in [0.25, 0.3) is 0 Å². The fraction of sp³-hybridized carbons (Fsp3) is 0.250. The Morgan fingerprint density at radius 1 is 1.09 bits per heavy atom. The summed E-state index contributed by atoms with van der Waals surface area (Å²) in [7, 11) is -3.48. The molecule has 32 heavy (non-hydrogen) atoms. The Morgan fingerprint density at radius 3 is 2.56 bits per heavy atom. The minimum Gasteiger partial charge on any atom is -0.330 e. The summed E-state index contributed by atoms with van der Waals surface area (Å²) in [6.45, 7) is 1.09. The van der Waals surface area contributed by atoms with Crippen LogP contribution in [0.4, 0.5) is 20.9 Å². The van der Waals surface area contributed by atoms with Crippen LogP contribution in [0.3, 0.4) is 0 Å². The molecule has 0 atom stereocenters. The van der Waals surface area contributed by atoms with Gasteiger partial charge in [0.15, 0.2) is 4.34 Å². The van der Waals surface area contributed by atoms with Gasteiger partial charge in [-0.05, 0) is 55.3 Å². The fourth-order valence-corrected chi connectivity index (χ4v) is 6.21. The number of thioether (sulfide) groups is 1. The molecule has 2 N–H and O–H groups in total. The number of hydrogen-bond acceptors (Lipinski definition) is 8. The molecule has 0 radical (unpaired) electrons. The van der Waals surface area contributed by atoms with Crippen molar-refractivity contribution >= 4 is 55.5 Å². The Balaban J connectivity index is 1.28. The first-order valence-corrected chi connectivity index (χ1v) is 13.0. The van der Waals surface area contributed by atoms with E-state index >= 15 is 0 Å². The zero-order chi connectivity index (χ0) is 22.6. The largest absolute Gasteiger partial charge is 0.330 e. The first kappa shape index (κ1) is 22.6. The van der Waals surface area contributed by atoms with Crippen molar-refractivity contribution < 1.29 is 17.6 Å². The minimum absolute atomic E-state index is 0.114. The molecule has 0 bridgehead atoms. The van der Waals surface area contributed by atoms with Gasteiger partial charge in [0.1, 0.15) is 5.82 Å². The van der Waals surface area contributed by atoms with Gasteiger partial charge in [-0.1, -0.05) is 29.2 Å². The summed E-state index contributed by atoms with van der Waals surface area (Å²) in [5.41, 5.74) is 1.08. The monoisotopic (exact) mass is 493 g/mol. The highest BCUT2D eigenvalue weighted by atomic mass is 32.2. The molecule has 1 amide bonds. The first-order valence-electron chi connectivity index (χ1n) is 9.79. The van der Waals surface area contributed by atoms with Crippen LogP contribution in [-0.4, -0.2) is 47.7 Å². The van der Waals surface area contributed by atoms with E-state index in [4.69, 9.17) is 0 Å². The van der Waals surface area contributed by atoms with Crippen LogP contribution in [0.2, 0.25) is 0 Å². The Hall–Kier alpha value is -2.54.